The first kappa shape index (κ1) is 17.6. The zero-order valence-corrected chi connectivity index (χ0v) is 13.9. The van der Waals surface area contributed by atoms with Gasteiger partial charge in [0.2, 0.25) is 0 Å². The van der Waals surface area contributed by atoms with Crippen LogP contribution in [0.3, 0.4) is 0 Å². The molecule has 0 aromatic heterocycles. The number of halogens is 1. The van der Waals surface area contributed by atoms with Gasteiger partial charge in [0, 0.05) is 23.8 Å². The number of carbonyl (C=O) groups is 1. The predicted molar refractivity (Wildman–Crippen MR) is 91.8 cm³/mol. The standard InChI is InChI=1S/C18H22FN3O3/c1-18(20-14-7-5-12(6-8-14)16(23)21-25)9-10-22(17(18)24)15-4-2-3-13(19)11-15/h2-3,5-8,11,15,17,20,24-25H,4,9-10H2,1H3,(H,21,23). The average Bonchev–Trinajstić information content (AvgIpc) is 2.90. The monoisotopic (exact) mass is 347 g/mol. The second-order valence-corrected chi connectivity index (χ2v) is 6.68. The molecule has 3 unspecified atom stereocenters. The number of aliphatic hydroxyl groups is 1. The number of allylic oxidation sites excluding steroid dienone is 2. The highest BCUT2D eigenvalue weighted by molar-refractivity contribution is 5.93. The molecule has 4 N–H and O–H groups in total. The summed E-state index contributed by atoms with van der Waals surface area (Å²) in [6.07, 6.45) is 5.36. The molecule has 1 aliphatic heterocycles. The summed E-state index contributed by atoms with van der Waals surface area (Å²) in [6, 6.07) is 6.45. The van der Waals surface area contributed by atoms with E-state index in [4.69, 9.17) is 5.21 Å². The van der Waals surface area contributed by atoms with Gasteiger partial charge in [-0.25, -0.2) is 9.87 Å². The maximum atomic E-state index is 13.5. The number of hydroxylamine groups is 1. The average molecular weight is 347 g/mol. The summed E-state index contributed by atoms with van der Waals surface area (Å²) in [5, 5.41) is 22.7. The fourth-order valence-electron chi connectivity index (χ4n) is 3.41. The highest BCUT2D eigenvalue weighted by atomic mass is 19.1. The van der Waals surface area contributed by atoms with Gasteiger partial charge in [-0.15, -0.1) is 0 Å². The van der Waals surface area contributed by atoms with Crippen LogP contribution in [0.25, 0.3) is 0 Å². The molecule has 134 valence electrons. The largest absolute Gasteiger partial charge is 0.376 e. The van der Waals surface area contributed by atoms with E-state index >= 15 is 0 Å². The molecule has 1 aromatic carbocycles. The van der Waals surface area contributed by atoms with E-state index in [1.165, 1.54) is 12.2 Å². The van der Waals surface area contributed by atoms with Crippen LogP contribution in [0.2, 0.25) is 0 Å². The van der Waals surface area contributed by atoms with Crippen molar-refractivity contribution in [2.24, 2.45) is 0 Å². The number of benzene rings is 1. The van der Waals surface area contributed by atoms with Crippen LogP contribution in [-0.4, -0.2) is 45.5 Å². The zero-order chi connectivity index (χ0) is 18.0. The van der Waals surface area contributed by atoms with Crippen molar-refractivity contribution in [3.05, 3.63) is 53.9 Å². The third-order valence-corrected chi connectivity index (χ3v) is 4.88. The summed E-state index contributed by atoms with van der Waals surface area (Å²) in [5.41, 5.74) is 2.08. The van der Waals surface area contributed by atoms with Crippen LogP contribution in [0.4, 0.5) is 10.1 Å². The third kappa shape index (κ3) is 3.58. The summed E-state index contributed by atoms with van der Waals surface area (Å²) >= 11 is 0. The van der Waals surface area contributed by atoms with Crippen LogP contribution >= 0.6 is 0 Å². The van der Waals surface area contributed by atoms with Crippen molar-refractivity contribution >= 4 is 11.6 Å². The van der Waals surface area contributed by atoms with Crippen molar-refractivity contribution in [3.63, 3.8) is 0 Å². The number of nitrogens with one attached hydrogen (secondary N) is 2. The summed E-state index contributed by atoms with van der Waals surface area (Å²) < 4.78 is 13.5. The van der Waals surface area contributed by atoms with Gasteiger partial charge in [-0.3, -0.25) is 14.9 Å². The molecule has 7 heteroatoms. The van der Waals surface area contributed by atoms with E-state index in [-0.39, 0.29) is 11.9 Å². The number of hydrogen-bond donors (Lipinski definition) is 4. The molecule has 3 atom stereocenters. The molecule has 1 fully saturated rings. The number of nitrogens with zero attached hydrogens (tertiary/aromatic N) is 1. The number of aliphatic hydroxyl groups excluding tert-OH is 1. The molecule has 1 aromatic rings. The minimum absolute atomic E-state index is 0.153. The molecule has 0 radical (unpaired) electrons. The van der Waals surface area contributed by atoms with E-state index in [1.54, 1.807) is 35.8 Å². The van der Waals surface area contributed by atoms with E-state index in [9.17, 15) is 14.3 Å². The number of anilines is 1. The van der Waals surface area contributed by atoms with Gasteiger partial charge in [0.05, 0.1) is 5.54 Å². The third-order valence-electron chi connectivity index (χ3n) is 4.88. The van der Waals surface area contributed by atoms with Gasteiger partial charge in [-0.1, -0.05) is 6.08 Å². The number of rotatable bonds is 4. The number of carbonyl (C=O) groups excluding carboxylic acids is 1. The van der Waals surface area contributed by atoms with Crippen molar-refractivity contribution in [3.8, 4) is 0 Å². The molecule has 0 bridgehead atoms. The van der Waals surface area contributed by atoms with Gasteiger partial charge in [0.15, 0.2) is 0 Å². The molecule has 1 aliphatic carbocycles. The minimum atomic E-state index is -0.770. The van der Waals surface area contributed by atoms with Crippen molar-refractivity contribution in [1.82, 2.24) is 10.4 Å². The Morgan fingerprint density at radius 3 is 2.72 bits per heavy atom. The van der Waals surface area contributed by atoms with Crippen molar-refractivity contribution in [2.45, 2.75) is 37.6 Å². The highest BCUT2D eigenvalue weighted by Gasteiger charge is 2.45. The Labute approximate surface area is 145 Å². The van der Waals surface area contributed by atoms with E-state index in [0.717, 1.165) is 5.69 Å². The number of likely N-dealkylation sites (tertiary alicyclic amines) is 1. The summed E-state index contributed by atoms with van der Waals surface area (Å²) in [6.45, 7) is 2.57. The Hall–Kier alpha value is -2.22. The van der Waals surface area contributed by atoms with Gasteiger partial charge < -0.3 is 10.4 Å². The minimum Gasteiger partial charge on any atom is -0.376 e. The summed E-state index contributed by atoms with van der Waals surface area (Å²) in [5.74, 6) is -0.855. The summed E-state index contributed by atoms with van der Waals surface area (Å²) in [7, 11) is 0. The predicted octanol–water partition coefficient (Wildman–Crippen LogP) is 2.18. The molecule has 3 rings (SSSR count). The fourth-order valence-corrected chi connectivity index (χ4v) is 3.41. The fraction of sp³-hybridized carbons (Fsp3) is 0.389. The first-order valence-electron chi connectivity index (χ1n) is 8.23. The second kappa shape index (κ2) is 6.95. The Kier molecular flexibility index (Phi) is 4.89. The van der Waals surface area contributed by atoms with Gasteiger partial charge in [0.1, 0.15) is 12.1 Å². The van der Waals surface area contributed by atoms with E-state index in [2.05, 4.69) is 5.32 Å². The van der Waals surface area contributed by atoms with E-state index in [0.29, 0.717) is 24.9 Å². The Morgan fingerprint density at radius 2 is 2.08 bits per heavy atom. The highest BCUT2D eigenvalue weighted by Crippen LogP contribution is 2.34. The van der Waals surface area contributed by atoms with Crippen molar-refractivity contribution < 1.29 is 19.5 Å². The Balaban J connectivity index is 1.70. The molecule has 6 nitrogen and oxygen atoms in total. The van der Waals surface area contributed by atoms with Crippen LogP contribution in [0.1, 0.15) is 30.1 Å². The molecule has 2 aliphatic rings. The number of hydrogen-bond acceptors (Lipinski definition) is 5. The van der Waals surface area contributed by atoms with E-state index < -0.39 is 17.7 Å². The van der Waals surface area contributed by atoms with Gasteiger partial charge in [-0.2, -0.15) is 0 Å². The van der Waals surface area contributed by atoms with Gasteiger partial charge in [-0.05, 0) is 56.2 Å². The van der Waals surface area contributed by atoms with Gasteiger partial charge in [0.25, 0.3) is 5.91 Å². The number of amides is 1. The lowest BCUT2D eigenvalue weighted by Gasteiger charge is -2.36. The van der Waals surface area contributed by atoms with Crippen LogP contribution < -0.4 is 10.8 Å². The molecule has 1 amide bonds. The maximum absolute atomic E-state index is 13.5. The van der Waals surface area contributed by atoms with Crippen molar-refractivity contribution in [1.29, 1.82) is 0 Å². The van der Waals surface area contributed by atoms with Crippen LogP contribution in [0.5, 0.6) is 0 Å². The molecular weight excluding hydrogens is 325 g/mol. The smallest absolute Gasteiger partial charge is 0.274 e. The quantitative estimate of drug-likeness (QED) is 0.496. The van der Waals surface area contributed by atoms with Crippen LogP contribution in [-0.2, 0) is 0 Å². The molecule has 25 heavy (non-hydrogen) atoms. The summed E-state index contributed by atoms with van der Waals surface area (Å²) in [4.78, 5) is 13.3. The molecule has 0 saturated carbocycles. The van der Waals surface area contributed by atoms with Crippen molar-refractivity contribution in [2.75, 3.05) is 11.9 Å². The SMILES string of the molecule is CC1(Nc2ccc(C(=O)NO)cc2)CCN(C2C=C(F)C=CC2)C1O. The maximum Gasteiger partial charge on any atom is 0.274 e. The second-order valence-electron chi connectivity index (χ2n) is 6.68. The first-order valence-corrected chi connectivity index (χ1v) is 8.23. The van der Waals surface area contributed by atoms with Gasteiger partial charge >= 0.3 is 0 Å². The topological polar surface area (TPSA) is 84.8 Å². The molecule has 0 spiro atoms. The van der Waals surface area contributed by atoms with E-state index in [1.807, 2.05) is 11.8 Å². The lowest BCUT2D eigenvalue weighted by atomic mass is 9.98. The van der Waals surface area contributed by atoms with Crippen LogP contribution in [0, 0.1) is 0 Å². The lowest BCUT2D eigenvalue weighted by molar-refractivity contribution is -0.00759. The first-order chi connectivity index (χ1) is 11.9. The Bertz CT molecular complexity index is 704. The zero-order valence-electron chi connectivity index (χ0n) is 13.9. The molecule has 1 saturated heterocycles. The molecule has 1 heterocycles. The Morgan fingerprint density at radius 1 is 1.36 bits per heavy atom. The van der Waals surface area contributed by atoms with Crippen LogP contribution in [0.15, 0.2) is 48.3 Å². The lowest BCUT2D eigenvalue weighted by Crippen LogP contribution is -2.50. The normalized spacial score (nSPS) is 29.4. The molecular formula is C18H22FN3O3.